The molecule has 3 aliphatic rings. The summed E-state index contributed by atoms with van der Waals surface area (Å²) in [5.74, 6) is 0.386. The number of H-pyrrole nitrogens is 1. The Kier molecular flexibility index (Phi) is 4.97. The van der Waals surface area contributed by atoms with Crippen molar-refractivity contribution in [2.75, 3.05) is 13.2 Å². The van der Waals surface area contributed by atoms with Crippen LogP contribution in [-0.4, -0.2) is 40.5 Å². The van der Waals surface area contributed by atoms with Crippen molar-refractivity contribution in [3.63, 3.8) is 0 Å². The Labute approximate surface area is 180 Å². The molecule has 0 radical (unpaired) electrons. The number of azide groups is 1. The van der Waals surface area contributed by atoms with E-state index in [0.717, 1.165) is 10.1 Å². The quantitative estimate of drug-likeness (QED) is 0.304. The highest BCUT2D eigenvalue weighted by Crippen LogP contribution is 2.56. The van der Waals surface area contributed by atoms with E-state index in [1.807, 2.05) is 0 Å². The minimum Gasteiger partial charge on any atom is -0.404 e. The van der Waals surface area contributed by atoms with Crippen molar-refractivity contribution in [3.05, 3.63) is 72.9 Å². The fourth-order valence-corrected chi connectivity index (χ4v) is 5.16. The van der Waals surface area contributed by atoms with Gasteiger partial charge in [0, 0.05) is 22.2 Å². The molecule has 13 nitrogen and oxygen atoms in total. The minimum absolute atomic E-state index is 0.0121. The summed E-state index contributed by atoms with van der Waals surface area (Å²) in [4.78, 5) is 29.2. The Balaban J connectivity index is 1.40. The maximum atomic E-state index is 13.0. The van der Waals surface area contributed by atoms with E-state index in [-0.39, 0.29) is 25.4 Å². The van der Waals surface area contributed by atoms with Crippen LogP contribution in [0.4, 0.5) is 0 Å². The van der Waals surface area contributed by atoms with Crippen molar-refractivity contribution in [1.29, 1.82) is 0 Å². The van der Waals surface area contributed by atoms with Crippen LogP contribution in [-0.2, 0) is 29.7 Å². The predicted molar refractivity (Wildman–Crippen MR) is 107 cm³/mol. The van der Waals surface area contributed by atoms with Crippen LogP contribution in [0.15, 0.2) is 45.2 Å². The number of phosphoric ester groups is 1. The lowest BCUT2D eigenvalue weighted by Gasteiger charge is -2.43. The van der Waals surface area contributed by atoms with Gasteiger partial charge in [0.1, 0.15) is 23.5 Å². The number of para-hydroxylation sites is 1. The number of nitrogens with one attached hydrogen (secondary N) is 1. The molecule has 2 aromatic rings. The van der Waals surface area contributed by atoms with E-state index in [9.17, 15) is 14.2 Å². The molecular formula is C18H18N5O8P. The zero-order chi connectivity index (χ0) is 22.5. The van der Waals surface area contributed by atoms with Gasteiger partial charge in [0.2, 0.25) is 0 Å². The summed E-state index contributed by atoms with van der Waals surface area (Å²) >= 11 is 0. The van der Waals surface area contributed by atoms with Crippen molar-refractivity contribution in [2.45, 2.75) is 37.5 Å². The summed E-state index contributed by atoms with van der Waals surface area (Å²) in [6.07, 6.45) is -1.40. The van der Waals surface area contributed by atoms with E-state index >= 15 is 0 Å². The molecule has 5 atom stereocenters. The molecule has 1 unspecified atom stereocenters. The largest absolute Gasteiger partial charge is 0.530 e. The molecule has 0 aliphatic carbocycles. The van der Waals surface area contributed by atoms with E-state index in [4.69, 9.17) is 28.6 Å². The maximum Gasteiger partial charge on any atom is 0.530 e. The van der Waals surface area contributed by atoms with Crippen LogP contribution in [0, 0.1) is 6.92 Å². The van der Waals surface area contributed by atoms with Crippen LogP contribution in [0.25, 0.3) is 10.4 Å². The number of aromatic nitrogens is 2. The highest BCUT2D eigenvalue weighted by Gasteiger charge is 2.65. The van der Waals surface area contributed by atoms with Gasteiger partial charge in [-0.2, -0.15) is 0 Å². The van der Waals surface area contributed by atoms with Gasteiger partial charge < -0.3 is 14.0 Å². The first-order valence-electron chi connectivity index (χ1n) is 9.67. The Morgan fingerprint density at radius 2 is 2.22 bits per heavy atom. The molecule has 2 saturated heterocycles. The van der Waals surface area contributed by atoms with E-state index < -0.39 is 43.0 Å². The van der Waals surface area contributed by atoms with Crippen LogP contribution < -0.4 is 15.8 Å². The average molecular weight is 463 g/mol. The molecule has 32 heavy (non-hydrogen) atoms. The first-order chi connectivity index (χ1) is 15.3. The van der Waals surface area contributed by atoms with Crippen molar-refractivity contribution >= 4 is 7.82 Å². The number of phosphoric acid groups is 1. The number of fused-ring (bicyclic) bond motifs is 2. The Bertz CT molecular complexity index is 1290. The molecule has 168 valence electrons. The standard InChI is InChI=1S/C18H18N5O8P/c1-10-6-23(17(25)20-15(10)24)16-14-18(9-27-14,21-22-19)13(30-16)8-29-32(26)28-7-11-4-2-3-5-12(11)31-32/h2-6,13-14,16H,7-9H2,1H3,(H,20,24,25)/t13-,14+,16-,18+,32?/m1/s1. The number of nitrogens with zero attached hydrogens (tertiary/aromatic N) is 4. The second-order valence-corrected chi connectivity index (χ2v) is 9.22. The number of hydrogen-bond donors (Lipinski definition) is 1. The highest BCUT2D eigenvalue weighted by molar-refractivity contribution is 7.49. The number of ether oxygens (including phenoxy) is 2. The summed E-state index contributed by atoms with van der Waals surface area (Å²) in [5.41, 5.74) is 7.70. The first-order valence-corrected chi connectivity index (χ1v) is 11.1. The molecule has 1 aromatic heterocycles. The normalized spacial score (nSPS) is 32.7. The molecular weight excluding hydrogens is 445 g/mol. The van der Waals surface area contributed by atoms with Gasteiger partial charge in [-0.15, -0.1) is 0 Å². The van der Waals surface area contributed by atoms with Gasteiger partial charge in [-0.1, -0.05) is 23.3 Å². The minimum atomic E-state index is -3.96. The van der Waals surface area contributed by atoms with Crippen LogP contribution in [0.3, 0.4) is 0 Å². The lowest BCUT2D eigenvalue weighted by Crippen LogP contribution is -2.61. The van der Waals surface area contributed by atoms with Gasteiger partial charge in [-0.3, -0.25) is 23.4 Å². The fourth-order valence-electron chi connectivity index (χ4n) is 3.95. The van der Waals surface area contributed by atoms with Gasteiger partial charge in [0.15, 0.2) is 6.23 Å². The third kappa shape index (κ3) is 3.27. The number of rotatable bonds is 5. The van der Waals surface area contributed by atoms with Crippen molar-refractivity contribution in [1.82, 2.24) is 9.55 Å². The molecule has 3 aliphatic heterocycles. The lowest BCUT2D eigenvalue weighted by molar-refractivity contribution is -0.138. The summed E-state index contributed by atoms with van der Waals surface area (Å²) in [5, 5.41) is 3.86. The van der Waals surface area contributed by atoms with Crippen LogP contribution >= 0.6 is 7.82 Å². The number of aryl methyl sites for hydroxylation is 1. The summed E-state index contributed by atoms with van der Waals surface area (Å²) in [7, 11) is -3.96. The smallest absolute Gasteiger partial charge is 0.404 e. The van der Waals surface area contributed by atoms with Gasteiger partial charge in [0.05, 0.1) is 19.8 Å². The number of aromatic amines is 1. The predicted octanol–water partition coefficient (Wildman–Crippen LogP) is 1.92. The molecule has 4 heterocycles. The average Bonchev–Trinajstić information content (AvgIpc) is 2.96. The molecule has 0 saturated carbocycles. The SMILES string of the molecule is Cc1cn([C@@H]2O[C@H](COP3(=O)OCc4ccccc4O3)[C@@]3(N=[N+]=[N-])CO[C@@H]23)c(=O)[nH]c1=O. The van der Waals surface area contributed by atoms with E-state index in [2.05, 4.69) is 15.0 Å². The Morgan fingerprint density at radius 3 is 2.97 bits per heavy atom. The van der Waals surface area contributed by atoms with E-state index in [1.54, 1.807) is 24.3 Å². The maximum absolute atomic E-state index is 13.0. The topological polar surface area (TPSA) is 167 Å². The Morgan fingerprint density at radius 1 is 1.41 bits per heavy atom. The van der Waals surface area contributed by atoms with Crippen molar-refractivity contribution < 1.29 is 27.6 Å². The first kappa shape index (κ1) is 21.0. The van der Waals surface area contributed by atoms with E-state index in [1.165, 1.54) is 13.1 Å². The molecule has 0 spiro atoms. The molecule has 5 rings (SSSR count). The number of benzene rings is 1. The van der Waals surface area contributed by atoms with Gasteiger partial charge in [-0.05, 0) is 18.5 Å². The lowest BCUT2D eigenvalue weighted by atomic mass is 9.85. The zero-order valence-electron chi connectivity index (χ0n) is 16.7. The van der Waals surface area contributed by atoms with Crippen molar-refractivity contribution in [3.8, 4) is 5.75 Å². The van der Waals surface area contributed by atoms with Crippen LogP contribution in [0.5, 0.6) is 5.75 Å². The second-order valence-electron chi connectivity index (χ2n) is 7.62. The van der Waals surface area contributed by atoms with Gasteiger partial charge in [0.25, 0.3) is 5.56 Å². The molecule has 0 amide bonds. The van der Waals surface area contributed by atoms with E-state index in [0.29, 0.717) is 5.75 Å². The zero-order valence-corrected chi connectivity index (χ0v) is 17.6. The summed E-state index contributed by atoms with van der Waals surface area (Å²) < 4.78 is 41.9. The fraction of sp³-hybridized carbons (Fsp3) is 0.444. The second kappa shape index (κ2) is 7.59. The highest BCUT2D eigenvalue weighted by atomic mass is 31.2. The third-order valence-electron chi connectivity index (χ3n) is 5.70. The van der Waals surface area contributed by atoms with Gasteiger partial charge in [-0.25, -0.2) is 9.36 Å². The summed E-state index contributed by atoms with van der Waals surface area (Å²) in [6, 6.07) is 6.96. The number of hydrogen-bond acceptors (Lipinski definition) is 9. The van der Waals surface area contributed by atoms with Crippen molar-refractivity contribution in [2.24, 2.45) is 5.11 Å². The molecule has 1 N–H and O–H groups in total. The molecule has 0 bridgehead atoms. The van der Waals surface area contributed by atoms with Crippen LogP contribution in [0.1, 0.15) is 17.4 Å². The Hall–Kier alpha value is -2.92. The van der Waals surface area contributed by atoms with Crippen LogP contribution in [0.2, 0.25) is 0 Å². The van der Waals surface area contributed by atoms with Gasteiger partial charge >= 0.3 is 13.5 Å². The summed E-state index contributed by atoms with van der Waals surface area (Å²) in [6.45, 7) is 1.28. The molecule has 2 fully saturated rings. The molecule has 14 heteroatoms. The molecule has 1 aromatic carbocycles. The third-order valence-corrected chi connectivity index (χ3v) is 7.03. The monoisotopic (exact) mass is 463 g/mol.